The lowest BCUT2D eigenvalue weighted by molar-refractivity contribution is 0.647. The molecular formula is C23H24N4S. The van der Waals surface area contributed by atoms with Crippen molar-refractivity contribution >= 4 is 22.7 Å². The van der Waals surface area contributed by atoms with E-state index < -0.39 is 0 Å². The van der Waals surface area contributed by atoms with Crippen LogP contribution >= 0.6 is 11.3 Å². The molecule has 0 amide bonds. The Hall–Kier alpha value is -2.97. The van der Waals surface area contributed by atoms with Crippen LogP contribution in [0.4, 0.5) is 5.69 Å². The Bertz CT molecular complexity index is 1020. The minimum atomic E-state index is 0.285. The van der Waals surface area contributed by atoms with E-state index in [9.17, 15) is 5.26 Å². The van der Waals surface area contributed by atoms with E-state index in [0.29, 0.717) is 10.9 Å². The van der Waals surface area contributed by atoms with E-state index in [4.69, 9.17) is 0 Å². The van der Waals surface area contributed by atoms with E-state index in [2.05, 4.69) is 65.8 Å². The van der Waals surface area contributed by atoms with Crippen LogP contribution in [-0.4, -0.2) is 10.7 Å². The Kier molecular flexibility index (Phi) is 6.23. The van der Waals surface area contributed by atoms with E-state index in [0.717, 1.165) is 28.9 Å². The van der Waals surface area contributed by atoms with Crippen LogP contribution in [0.5, 0.6) is 0 Å². The maximum absolute atomic E-state index is 9.52. The number of aromatic nitrogens is 1. The molecule has 0 aliphatic rings. The maximum Gasteiger partial charge on any atom is 0.196 e. The number of nitrogens with zero attached hydrogens (tertiary/aromatic N) is 3. The lowest BCUT2D eigenvalue weighted by atomic mass is 10.0. The zero-order valence-electron chi connectivity index (χ0n) is 16.7. The van der Waals surface area contributed by atoms with Gasteiger partial charge in [0.2, 0.25) is 0 Å². The normalized spacial score (nSPS) is 11.5. The molecule has 5 heteroatoms. The van der Waals surface area contributed by atoms with Crippen LogP contribution in [0.3, 0.4) is 0 Å². The molecule has 0 saturated heterocycles. The van der Waals surface area contributed by atoms with Gasteiger partial charge in [-0.25, -0.2) is 4.98 Å². The van der Waals surface area contributed by atoms with Gasteiger partial charge in [0.1, 0.15) is 6.07 Å². The van der Waals surface area contributed by atoms with Gasteiger partial charge in [-0.2, -0.15) is 10.4 Å². The van der Waals surface area contributed by atoms with Gasteiger partial charge in [0.15, 0.2) is 10.7 Å². The predicted octanol–water partition coefficient (Wildman–Crippen LogP) is 5.97. The second-order valence-electron chi connectivity index (χ2n) is 7.34. The summed E-state index contributed by atoms with van der Waals surface area (Å²) < 4.78 is 0. The van der Waals surface area contributed by atoms with Gasteiger partial charge in [0.25, 0.3) is 0 Å². The Morgan fingerprint density at radius 1 is 1.18 bits per heavy atom. The number of hydrogen-bond donors (Lipinski definition) is 1. The minimum absolute atomic E-state index is 0.285. The molecule has 0 fully saturated rings. The first-order valence-corrected chi connectivity index (χ1v) is 10.2. The van der Waals surface area contributed by atoms with Crippen molar-refractivity contribution in [3.05, 3.63) is 69.5 Å². The van der Waals surface area contributed by atoms with E-state index >= 15 is 0 Å². The summed E-state index contributed by atoms with van der Waals surface area (Å²) in [6.45, 7) is 8.50. The maximum atomic E-state index is 9.52. The van der Waals surface area contributed by atoms with Gasteiger partial charge in [-0.3, -0.25) is 5.43 Å². The highest BCUT2D eigenvalue weighted by molar-refractivity contribution is 7.12. The fourth-order valence-corrected chi connectivity index (χ4v) is 3.74. The Morgan fingerprint density at radius 2 is 1.93 bits per heavy atom. The predicted molar refractivity (Wildman–Crippen MR) is 118 cm³/mol. The number of aryl methyl sites for hydroxylation is 2. The van der Waals surface area contributed by atoms with Crippen LogP contribution in [0.1, 0.15) is 35.5 Å². The molecule has 3 aromatic rings. The first-order valence-electron chi connectivity index (χ1n) is 9.32. The summed E-state index contributed by atoms with van der Waals surface area (Å²) in [5.41, 5.74) is 9.69. The Labute approximate surface area is 170 Å². The Morgan fingerprint density at radius 3 is 2.57 bits per heavy atom. The van der Waals surface area contributed by atoms with Crippen molar-refractivity contribution in [1.29, 1.82) is 5.26 Å². The molecule has 0 aliphatic heterocycles. The second kappa shape index (κ2) is 8.81. The number of rotatable bonds is 6. The van der Waals surface area contributed by atoms with E-state index in [1.165, 1.54) is 22.5 Å². The number of nitriles is 1. The summed E-state index contributed by atoms with van der Waals surface area (Å²) in [7, 11) is 0. The quantitative estimate of drug-likeness (QED) is 0.418. The van der Waals surface area contributed by atoms with Gasteiger partial charge in [0.05, 0.1) is 11.4 Å². The molecule has 1 heterocycles. The molecule has 3 rings (SSSR count). The smallest absolute Gasteiger partial charge is 0.196 e. The third-order valence-electron chi connectivity index (χ3n) is 4.38. The highest BCUT2D eigenvalue weighted by Gasteiger charge is 2.11. The second-order valence-corrected chi connectivity index (χ2v) is 8.19. The molecule has 0 bridgehead atoms. The molecule has 0 unspecified atom stereocenters. The van der Waals surface area contributed by atoms with Crippen molar-refractivity contribution in [1.82, 2.24) is 4.98 Å². The van der Waals surface area contributed by atoms with Crippen molar-refractivity contribution in [2.75, 3.05) is 5.43 Å². The average Bonchev–Trinajstić information content (AvgIpc) is 3.14. The summed E-state index contributed by atoms with van der Waals surface area (Å²) in [5, 5.41) is 16.4. The fraction of sp³-hybridized carbons (Fsp3) is 0.261. The van der Waals surface area contributed by atoms with Crippen LogP contribution in [0.15, 0.2) is 52.9 Å². The zero-order valence-corrected chi connectivity index (χ0v) is 17.5. The minimum Gasteiger partial charge on any atom is -0.277 e. The summed E-state index contributed by atoms with van der Waals surface area (Å²) in [4.78, 5) is 4.62. The van der Waals surface area contributed by atoms with Gasteiger partial charge in [-0.1, -0.05) is 55.8 Å². The third kappa shape index (κ3) is 4.85. The molecule has 28 heavy (non-hydrogen) atoms. The van der Waals surface area contributed by atoms with Crippen LogP contribution in [0.25, 0.3) is 11.3 Å². The number of benzene rings is 2. The van der Waals surface area contributed by atoms with Gasteiger partial charge in [-0.05, 0) is 43.4 Å². The molecule has 1 N–H and O–H groups in total. The van der Waals surface area contributed by atoms with Crippen molar-refractivity contribution < 1.29 is 0 Å². The summed E-state index contributed by atoms with van der Waals surface area (Å²) in [6, 6.07) is 16.7. The lowest BCUT2D eigenvalue weighted by Gasteiger charge is -2.06. The Balaban J connectivity index is 1.78. The molecule has 0 spiro atoms. The molecule has 0 atom stereocenters. The standard InChI is InChI=1S/C23H24N4S/c1-15(2)11-18-6-8-19(9-7-18)22-14-28-23(25-22)21(13-24)27-26-20-10-5-16(3)12-17(20)4/h5-10,12,14-15,26H,11H2,1-4H3/b27-21-. The highest BCUT2D eigenvalue weighted by atomic mass is 32.1. The van der Waals surface area contributed by atoms with Gasteiger partial charge in [0, 0.05) is 10.9 Å². The van der Waals surface area contributed by atoms with Crippen molar-refractivity contribution in [3.8, 4) is 17.3 Å². The number of hydrazone groups is 1. The van der Waals surface area contributed by atoms with Crippen molar-refractivity contribution in [3.63, 3.8) is 0 Å². The molecule has 0 radical (unpaired) electrons. The van der Waals surface area contributed by atoms with E-state index in [1.54, 1.807) is 0 Å². The zero-order chi connectivity index (χ0) is 20.1. The van der Waals surface area contributed by atoms with E-state index in [-0.39, 0.29) is 5.71 Å². The largest absolute Gasteiger partial charge is 0.277 e. The highest BCUT2D eigenvalue weighted by Crippen LogP contribution is 2.24. The lowest BCUT2D eigenvalue weighted by Crippen LogP contribution is -2.02. The molecule has 0 saturated carbocycles. The number of nitrogens with one attached hydrogen (secondary N) is 1. The van der Waals surface area contributed by atoms with Gasteiger partial charge in [-0.15, -0.1) is 11.3 Å². The molecule has 4 nitrogen and oxygen atoms in total. The van der Waals surface area contributed by atoms with E-state index in [1.807, 2.05) is 31.4 Å². The van der Waals surface area contributed by atoms with Gasteiger partial charge < -0.3 is 0 Å². The first kappa shape index (κ1) is 19.8. The molecular weight excluding hydrogens is 364 g/mol. The number of hydrogen-bond acceptors (Lipinski definition) is 5. The summed E-state index contributed by atoms with van der Waals surface area (Å²) in [6.07, 6.45) is 1.07. The number of thiazole rings is 1. The van der Waals surface area contributed by atoms with Crippen LogP contribution < -0.4 is 5.43 Å². The third-order valence-corrected chi connectivity index (χ3v) is 5.23. The number of anilines is 1. The first-order chi connectivity index (χ1) is 13.5. The fourth-order valence-electron chi connectivity index (χ4n) is 2.97. The van der Waals surface area contributed by atoms with Crippen molar-refractivity contribution in [2.24, 2.45) is 11.0 Å². The molecule has 1 aromatic heterocycles. The monoisotopic (exact) mass is 388 g/mol. The SMILES string of the molecule is Cc1ccc(N/N=C(/C#N)c2nc(-c3ccc(CC(C)C)cc3)cs2)c(C)c1. The van der Waals surface area contributed by atoms with Crippen LogP contribution in [0.2, 0.25) is 0 Å². The van der Waals surface area contributed by atoms with Crippen LogP contribution in [-0.2, 0) is 6.42 Å². The molecule has 0 aliphatic carbocycles. The molecule has 142 valence electrons. The average molecular weight is 389 g/mol. The van der Waals surface area contributed by atoms with Gasteiger partial charge >= 0.3 is 0 Å². The summed E-state index contributed by atoms with van der Waals surface area (Å²) in [5.74, 6) is 0.635. The van der Waals surface area contributed by atoms with Crippen molar-refractivity contribution in [2.45, 2.75) is 34.1 Å². The van der Waals surface area contributed by atoms with Crippen LogP contribution in [0, 0.1) is 31.1 Å². The molecule has 2 aromatic carbocycles. The summed E-state index contributed by atoms with van der Waals surface area (Å²) >= 11 is 1.43. The topological polar surface area (TPSA) is 61.1 Å².